The molecular formula is C27H28N4O4. The number of amides is 2. The zero-order valence-corrected chi connectivity index (χ0v) is 20.0. The van der Waals surface area contributed by atoms with Crippen molar-refractivity contribution in [2.75, 3.05) is 19.5 Å². The third kappa shape index (κ3) is 5.97. The number of methoxy groups -OCH3 is 2. The van der Waals surface area contributed by atoms with E-state index in [1.807, 2.05) is 48.5 Å². The highest BCUT2D eigenvalue weighted by atomic mass is 16.5. The average molecular weight is 473 g/mol. The van der Waals surface area contributed by atoms with Crippen molar-refractivity contribution < 1.29 is 19.1 Å². The summed E-state index contributed by atoms with van der Waals surface area (Å²) in [7, 11) is 3.18. The van der Waals surface area contributed by atoms with Gasteiger partial charge in [-0.05, 0) is 54.4 Å². The molecule has 1 aromatic heterocycles. The molecule has 35 heavy (non-hydrogen) atoms. The summed E-state index contributed by atoms with van der Waals surface area (Å²) in [4.78, 5) is 31.9. The lowest BCUT2D eigenvalue weighted by molar-refractivity contribution is -0.114. The molecule has 0 aliphatic rings. The number of nitrogens with one attached hydrogen (secondary N) is 3. The van der Waals surface area contributed by atoms with Crippen molar-refractivity contribution in [1.82, 2.24) is 15.3 Å². The number of aromatic nitrogens is 2. The van der Waals surface area contributed by atoms with Crippen LogP contribution in [0.25, 0.3) is 11.0 Å². The number of carbonyl (C=O) groups excluding carboxylic acids is 2. The molecule has 0 fully saturated rings. The van der Waals surface area contributed by atoms with Crippen LogP contribution < -0.4 is 20.1 Å². The molecule has 0 unspecified atom stereocenters. The molecule has 3 aromatic carbocycles. The standard InChI is InChI=1S/C27H28N4O4/c1-17(32)29-21-9-4-18(5-10-21)6-13-26-30-23-12-8-19(14-24(23)31-26)27(33)28-16-20-7-11-22(34-2)15-25(20)35-3/h4-5,7-12,14-15H,6,13,16H2,1-3H3,(H,28,33)(H,29,32)(H,30,31). The summed E-state index contributed by atoms with van der Waals surface area (Å²) in [6, 6.07) is 18.7. The maximum atomic E-state index is 12.8. The number of hydrogen-bond acceptors (Lipinski definition) is 5. The Balaban J connectivity index is 1.38. The van der Waals surface area contributed by atoms with Crippen LogP contribution in [0, 0.1) is 0 Å². The topological polar surface area (TPSA) is 105 Å². The first-order valence-electron chi connectivity index (χ1n) is 11.3. The Morgan fingerprint density at radius 3 is 2.46 bits per heavy atom. The van der Waals surface area contributed by atoms with Gasteiger partial charge in [0.05, 0.1) is 25.3 Å². The number of imidazole rings is 1. The normalized spacial score (nSPS) is 10.7. The lowest BCUT2D eigenvalue weighted by Crippen LogP contribution is -2.23. The van der Waals surface area contributed by atoms with Crippen molar-refractivity contribution in [2.24, 2.45) is 0 Å². The summed E-state index contributed by atoms with van der Waals surface area (Å²) < 4.78 is 10.6. The van der Waals surface area contributed by atoms with Crippen molar-refractivity contribution in [3.63, 3.8) is 0 Å². The summed E-state index contributed by atoms with van der Waals surface area (Å²) in [5, 5.41) is 5.71. The molecule has 0 spiro atoms. The smallest absolute Gasteiger partial charge is 0.251 e. The fourth-order valence-corrected chi connectivity index (χ4v) is 3.82. The number of rotatable bonds is 9. The Hall–Kier alpha value is -4.33. The summed E-state index contributed by atoms with van der Waals surface area (Å²) in [6.45, 7) is 1.82. The second-order valence-corrected chi connectivity index (χ2v) is 8.15. The summed E-state index contributed by atoms with van der Waals surface area (Å²) in [5.74, 6) is 1.93. The molecule has 0 aliphatic heterocycles. The molecule has 4 aromatic rings. The van der Waals surface area contributed by atoms with Crippen molar-refractivity contribution in [3.05, 3.63) is 83.2 Å². The van der Waals surface area contributed by atoms with E-state index in [1.54, 1.807) is 26.4 Å². The van der Waals surface area contributed by atoms with E-state index in [1.165, 1.54) is 6.92 Å². The number of hydrogen-bond donors (Lipinski definition) is 3. The van der Waals surface area contributed by atoms with E-state index in [-0.39, 0.29) is 11.8 Å². The van der Waals surface area contributed by atoms with Gasteiger partial charge in [0.2, 0.25) is 5.91 Å². The average Bonchev–Trinajstić information content (AvgIpc) is 3.28. The summed E-state index contributed by atoms with van der Waals surface area (Å²) in [6.07, 6.45) is 1.53. The van der Waals surface area contributed by atoms with E-state index < -0.39 is 0 Å². The van der Waals surface area contributed by atoms with E-state index in [4.69, 9.17) is 9.47 Å². The predicted molar refractivity (Wildman–Crippen MR) is 135 cm³/mol. The molecule has 3 N–H and O–H groups in total. The largest absolute Gasteiger partial charge is 0.497 e. The van der Waals surface area contributed by atoms with E-state index >= 15 is 0 Å². The van der Waals surface area contributed by atoms with Crippen LogP contribution in [-0.2, 0) is 24.2 Å². The molecular weight excluding hydrogens is 444 g/mol. The van der Waals surface area contributed by atoms with Crippen LogP contribution in [0.5, 0.6) is 11.5 Å². The third-order valence-corrected chi connectivity index (χ3v) is 5.65. The number of ether oxygens (including phenoxy) is 2. The maximum Gasteiger partial charge on any atom is 0.251 e. The van der Waals surface area contributed by atoms with Gasteiger partial charge in [-0.25, -0.2) is 4.98 Å². The molecule has 0 saturated carbocycles. The third-order valence-electron chi connectivity index (χ3n) is 5.65. The van der Waals surface area contributed by atoms with Gasteiger partial charge in [0.25, 0.3) is 5.91 Å². The zero-order chi connectivity index (χ0) is 24.8. The van der Waals surface area contributed by atoms with Crippen molar-refractivity contribution in [3.8, 4) is 11.5 Å². The minimum Gasteiger partial charge on any atom is -0.497 e. The number of fused-ring (bicyclic) bond motifs is 1. The van der Waals surface area contributed by atoms with Crippen molar-refractivity contribution in [1.29, 1.82) is 0 Å². The highest BCUT2D eigenvalue weighted by Gasteiger charge is 2.11. The maximum absolute atomic E-state index is 12.8. The molecule has 0 saturated heterocycles. The number of aryl methyl sites for hydroxylation is 2. The van der Waals surface area contributed by atoms with Gasteiger partial charge in [0.1, 0.15) is 17.3 Å². The van der Waals surface area contributed by atoms with Crippen LogP contribution >= 0.6 is 0 Å². The molecule has 0 bridgehead atoms. The van der Waals surface area contributed by atoms with Crippen LogP contribution in [0.3, 0.4) is 0 Å². The number of nitrogens with zero attached hydrogens (tertiary/aromatic N) is 1. The molecule has 1 heterocycles. The molecule has 2 amide bonds. The Bertz CT molecular complexity index is 1350. The van der Waals surface area contributed by atoms with Gasteiger partial charge in [0.15, 0.2) is 0 Å². The number of carbonyl (C=O) groups is 2. The van der Waals surface area contributed by atoms with Crippen LogP contribution in [0.4, 0.5) is 5.69 Å². The Morgan fingerprint density at radius 2 is 1.74 bits per heavy atom. The highest BCUT2D eigenvalue weighted by Crippen LogP contribution is 2.24. The molecule has 0 aliphatic carbocycles. The number of benzene rings is 3. The fraction of sp³-hybridized carbons (Fsp3) is 0.222. The first kappa shape index (κ1) is 23.8. The second-order valence-electron chi connectivity index (χ2n) is 8.15. The quantitative estimate of drug-likeness (QED) is 0.338. The van der Waals surface area contributed by atoms with E-state index in [9.17, 15) is 9.59 Å². The molecule has 8 nitrogen and oxygen atoms in total. The van der Waals surface area contributed by atoms with Gasteiger partial charge >= 0.3 is 0 Å². The summed E-state index contributed by atoms with van der Waals surface area (Å²) >= 11 is 0. The van der Waals surface area contributed by atoms with E-state index in [0.717, 1.165) is 46.5 Å². The molecule has 0 radical (unpaired) electrons. The van der Waals surface area contributed by atoms with E-state index in [2.05, 4.69) is 20.6 Å². The van der Waals surface area contributed by atoms with Crippen LogP contribution in [-0.4, -0.2) is 36.0 Å². The lowest BCUT2D eigenvalue weighted by atomic mass is 10.1. The zero-order valence-electron chi connectivity index (χ0n) is 20.0. The minimum absolute atomic E-state index is 0.0893. The van der Waals surface area contributed by atoms with Gasteiger partial charge in [-0.15, -0.1) is 0 Å². The monoisotopic (exact) mass is 472 g/mol. The number of anilines is 1. The molecule has 180 valence electrons. The second kappa shape index (κ2) is 10.7. The molecule has 8 heteroatoms. The Kier molecular flexibility index (Phi) is 7.30. The van der Waals surface area contributed by atoms with Crippen LogP contribution in [0.15, 0.2) is 60.7 Å². The number of aromatic amines is 1. The van der Waals surface area contributed by atoms with Gasteiger partial charge in [-0.2, -0.15) is 0 Å². The first-order chi connectivity index (χ1) is 16.9. The van der Waals surface area contributed by atoms with Crippen molar-refractivity contribution in [2.45, 2.75) is 26.3 Å². The van der Waals surface area contributed by atoms with Crippen LogP contribution in [0.1, 0.15) is 34.2 Å². The van der Waals surface area contributed by atoms with E-state index in [0.29, 0.717) is 23.6 Å². The van der Waals surface area contributed by atoms with Gasteiger partial charge in [-0.3, -0.25) is 9.59 Å². The van der Waals surface area contributed by atoms with Gasteiger partial charge < -0.3 is 25.1 Å². The fourth-order valence-electron chi connectivity index (χ4n) is 3.82. The minimum atomic E-state index is -0.180. The Labute approximate surface area is 203 Å². The molecule has 0 atom stereocenters. The van der Waals surface area contributed by atoms with Crippen LogP contribution in [0.2, 0.25) is 0 Å². The first-order valence-corrected chi connectivity index (χ1v) is 11.3. The Morgan fingerprint density at radius 1 is 0.943 bits per heavy atom. The SMILES string of the molecule is COc1ccc(CNC(=O)c2ccc3nc(CCc4ccc(NC(C)=O)cc4)[nH]c3c2)c(OC)c1. The summed E-state index contributed by atoms with van der Waals surface area (Å²) in [5.41, 5.74) is 4.96. The van der Waals surface area contributed by atoms with Gasteiger partial charge in [-0.1, -0.05) is 12.1 Å². The van der Waals surface area contributed by atoms with Crippen molar-refractivity contribution >= 4 is 28.5 Å². The molecule has 4 rings (SSSR count). The number of H-pyrrole nitrogens is 1. The lowest BCUT2D eigenvalue weighted by Gasteiger charge is -2.11. The highest BCUT2D eigenvalue weighted by molar-refractivity contribution is 5.97. The predicted octanol–water partition coefficient (Wildman–Crippen LogP) is 4.25. The van der Waals surface area contributed by atoms with Gasteiger partial charge in [0, 0.05) is 42.8 Å².